The summed E-state index contributed by atoms with van der Waals surface area (Å²) >= 11 is 0. The van der Waals surface area contributed by atoms with Crippen molar-refractivity contribution >= 4 is 0 Å². The van der Waals surface area contributed by atoms with E-state index in [1.807, 2.05) is 6.07 Å². The highest BCUT2D eigenvalue weighted by molar-refractivity contribution is 5.68. The highest BCUT2D eigenvalue weighted by Gasteiger charge is 2.33. The number of pyridine rings is 1. The molecule has 0 spiro atoms. The molecule has 0 aliphatic carbocycles. The third-order valence-electron chi connectivity index (χ3n) is 2.66. The number of hydrogen-bond donors (Lipinski definition) is 0. The van der Waals surface area contributed by atoms with Gasteiger partial charge in [0, 0.05) is 12.4 Å². The van der Waals surface area contributed by atoms with Crippen LogP contribution in [0.1, 0.15) is 11.1 Å². The van der Waals surface area contributed by atoms with Gasteiger partial charge in [0.05, 0.1) is 18.1 Å². The monoisotopic (exact) mass is 262 g/mol. The Balaban J connectivity index is 2.61. The Morgan fingerprint density at radius 2 is 1.79 bits per heavy atom. The maximum atomic E-state index is 13.0. The lowest BCUT2D eigenvalue weighted by atomic mass is 9.97. The van der Waals surface area contributed by atoms with Gasteiger partial charge in [-0.15, -0.1) is 0 Å². The minimum absolute atomic E-state index is 0.0719. The zero-order valence-electron chi connectivity index (χ0n) is 9.78. The highest BCUT2D eigenvalue weighted by atomic mass is 19.4. The molecule has 0 bridgehead atoms. The van der Waals surface area contributed by atoms with E-state index in [0.29, 0.717) is 11.1 Å². The number of alkyl halides is 3. The van der Waals surface area contributed by atoms with Gasteiger partial charge in [-0.1, -0.05) is 6.07 Å². The molecule has 0 amide bonds. The molecular weight excluding hydrogens is 253 g/mol. The van der Waals surface area contributed by atoms with Gasteiger partial charge in [0.15, 0.2) is 0 Å². The predicted octanol–water partition coefficient (Wildman–Crippen LogP) is 3.83. The van der Waals surface area contributed by atoms with Crippen molar-refractivity contribution < 1.29 is 13.2 Å². The predicted molar refractivity (Wildman–Crippen MR) is 64.0 cm³/mol. The fourth-order valence-corrected chi connectivity index (χ4v) is 1.81. The molecule has 2 nitrogen and oxygen atoms in total. The van der Waals surface area contributed by atoms with Crippen LogP contribution in [-0.4, -0.2) is 4.98 Å². The van der Waals surface area contributed by atoms with E-state index in [1.54, 1.807) is 0 Å². The van der Waals surface area contributed by atoms with E-state index < -0.39 is 11.7 Å². The van der Waals surface area contributed by atoms with Crippen LogP contribution in [0.3, 0.4) is 0 Å². The van der Waals surface area contributed by atoms with E-state index in [2.05, 4.69) is 4.98 Å². The normalized spacial score (nSPS) is 11.1. The molecule has 0 unspecified atom stereocenters. The van der Waals surface area contributed by atoms with Gasteiger partial charge in [0.2, 0.25) is 0 Å². The Morgan fingerprint density at radius 1 is 1.11 bits per heavy atom. The van der Waals surface area contributed by atoms with E-state index in [9.17, 15) is 13.2 Å². The van der Waals surface area contributed by atoms with Gasteiger partial charge in [-0.05, 0) is 41.0 Å². The lowest BCUT2D eigenvalue weighted by Crippen LogP contribution is -2.07. The van der Waals surface area contributed by atoms with Crippen LogP contribution in [0.4, 0.5) is 13.2 Å². The van der Waals surface area contributed by atoms with Gasteiger partial charge >= 0.3 is 6.18 Å². The van der Waals surface area contributed by atoms with Crippen molar-refractivity contribution in [3.05, 3.63) is 53.9 Å². The average Bonchev–Trinajstić information content (AvgIpc) is 2.39. The molecule has 0 saturated carbocycles. The number of benzene rings is 1. The Morgan fingerprint density at radius 3 is 2.37 bits per heavy atom. The SMILES string of the molecule is N#CCc1ccc(C(F)(F)F)c(-c2ccncc2)c1. The minimum Gasteiger partial charge on any atom is -0.265 e. The maximum absolute atomic E-state index is 13.0. The fraction of sp³-hybridized carbons (Fsp3) is 0.143. The van der Waals surface area contributed by atoms with Crippen molar-refractivity contribution in [2.75, 3.05) is 0 Å². The van der Waals surface area contributed by atoms with Gasteiger partial charge in [0.25, 0.3) is 0 Å². The maximum Gasteiger partial charge on any atom is 0.417 e. The average molecular weight is 262 g/mol. The molecule has 0 aliphatic rings. The van der Waals surface area contributed by atoms with Crippen molar-refractivity contribution in [2.24, 2.45) is 0 Å². The van der Waals surface area contributed by atoms with Gasteiger partial charge in [-0.25, -0.2) is 0 Å². The van der Waals surface area contributed by atoms with Crippen molar-refractivity contribution in [1.82, 2.24) is 4.98 Å². The third kappa shape index (κ3) is 2.91. The van der Waals surface area contributed by atoms with Crippen LogP contribution in [0.2, 0.25) is 0 Å². The first-order valence-corrected chi connectivity index (χ1v) is 5.50. The van der Waals surface area contributed by atoms with E-state index in [4.69, 9.17) is 5.26 Å². The molecule has 5 heteroatoms. The van der Waals surface area contributed by atoms with Crippen LogP contribution in [0.5, 0.6) is 0 Å². The second-order valence-electron chi connectivity index (χ2n) is 3.95. The zero-order valence-corrected chi connectivity index (χ0v) is 9.78. The van der Waals surface area contributed by atoms with Crippen molar-refractivity contribution in [3.63, 3.8) is 0 Å². The molecule has 19 heavy (non-hydrogen) atoms. The first kappa shape index (κ1) is 13.1. The first-order chi connectivity index (χ1) is 9.02. The first-order valence-electron chi connectivity index (χ1n) is 5.50. The van der Waals surface area contributed by atoms with Crippen LogP contribution in [0, 0.1) is 11.3 Å². The molecule has 0 saturated heterocycles. The standard InChI is InChI=1S/C14H9F3N2/c15-14(16,17)13-2-1-10(3-6-18)9-12(13)11-4-7-19-8-5-11/h1-2,4-5,7-9H,3H2. The van der Waals surface area contributed by atoms with E-state index in [0.717, 1.165) is 6.07 Å². The van der Waals surface area contributed by atoms with Gasteiger partial charge in [0.1, 0.15) is 0 Å². The Labute approximate surface area is 108 Å². The van der Waals surface area contributed by atoms with E-state index in [1.165, 1.54) is 36.7 Å². The molecule has 1 aromatic heterocycles. The summed E-state index contributed by atoms with van der Waals surface area (Å²) < 4.78 is 38.9. The lowest BCUT2D eigenvalue weighted by Gasteiger charge is -2.14. The lowest BCUT2D eigenvalue weighted by molar-refractivity contribution is -0.137. The van der Waals surface area contributed by atoms with Crippen molar-refractivity contribution in [3.8, 4) is 17.2 Å². The summed E-state index contributed by atoms with van der Waals surface area (Å²) in [6.07, 6.45) is -1.47. The molecule has 2 aromatic rings. The molecule has 96 valence electrons. The second kappa shape index (κ2) is 5.11. The highest BCUT2D eigenvalue weighted by Crippen LogP contribution is 2.37. The van der Waals surface area contributed by atoms with Gasteiger partial charge in [-0.2, -0.15) is 18.4 Å². The quantitative estimate of drug-likeness (QED) is 0.824. The molecule has 0 radical (unpaired) electrons. The van der Waals surface area contributed by atoms with E-state index in [-0.39, 0.29) is 12.0 Å². The van der Waals surface area contributed by atoms with Crippen LogP contribution < -0.4 is 0 Å². The van der Waals surface area contributed by atoms with Crippen LogP contribution in [0.15, 0.2) is 42.7 Å². The second-order valence-corrected chi connectivity index (χ2v) is 3.95. The summed E-state index contributed by atoms with van der Waals surface area (Å²) in [4.78, 5) is 3.79. The topological polar surface area (TPSA) is 36.7 Å². The number of nitriles is 1. The third-order valence-corrected chi connectivity index (χ3v) is 2.66. The number of halogens is 3. The Hall–Kier alpha value is -2.35. The van der Waals surface area contributed by atoms with Crippen LogP contribution in [-0.2, 0) is 12.6 Å². The molecule has 0 aliphatic heterocycles. The zero-order chi connectivity index (χ0) is 13.9. The number of nitrogens with zero attached hydrogens (tertiary/aromatic N) is 2. The van der Waals surface area contributed by atoms with Gasteiger partial charge < -0.3 is 0 Å². The molecule has 0 fully saturated rings. The molecule has 1 aromatic carbocycles. The summed E-state index contributed by atoms with van der Waals surface area (Å²) in [5.74, 6) is 0. The summed E-state index contributed by atoms with van der Waals surface area (Å²) in [7, 11) is 0. The Kier molecular flexibility index (Phi) is 3.52. The molecule has 2 rings (SSSR count). The number of hydrogen-bond acceptors (Lipinski definition) is 2. The largest absolute Gasteiger partial charge is 0.417 e. The van der Waals surface area contributed by atoms with Crippen LogP contribution >= 0.6 is 0 Å². The van der Waals surface area contributed by atoms with Crippen molar-refractivity contribution in [1.29, 1.82) is 5.26 Å². The summed E-state index contributed by atoms with van der Waals surface area (Å²) in [5.41, 5.74) is 0.354. The summed E-state index contributed by atoms with van der Waals surface area (Å²) in [6.45, 7) is 0. The summed E-state index contributed by atoms with van der Waals surface area (Å²) in [5, 5.41) is 8.63. The fourth-order valence-electron chi connectivity index (χ4n) is 1.81. The molecule has 0 N–H and O–H groups in total. The smallest absolute Gasteiger partial charge is 0.265 e. The van der Waals surface area contributed by atoms with Crippen molar-refractivity contribution in [2.45, 2.75) is 12.6 Å². The molecule has 0 atom stereocenters. The van der Waals surface area contributed by atoms with Crippen LogP contribution in [0.25, 0.3) is 11.1 Å². The summed E-state index contributed by atoms with van der Waals surface area (Å²) in [6, 6.07) is 8.71. The van der Waals surface area contributed by atoms with Gasteiger partial charge in [-0.3, -0.25) is 4.98 Å². The molecule has 1 heterocycles. The van der Waals surface area contributed by atoms with E-state index >= 15 is 0 Å². The number of rotatable bonds is 2. The number of aromatic nitrogens is 1. The Bertz CT molecular complexity index is 613. The molecular formula is C14H9F3N2. The minimum atomic E-state index is -4.43.